The molecule has 0 unspecified atom stereocenters. The van der Waals surface area contributed by atoms with Crippen LogP contribution in [0.3, 0.4) is 0 Å². The van der Waals surface area contributed by atoms with Gasteiger partial charge in [0.25, 0.3) is 0 Å². The first kappa shape index (κ1) is 14.3. The molecule has 0 aromatic carbocycles. The Morgan fingerprint density at radius 1 is 1.35 bits per heavy atom. The molecule has 98 valence electrons. The highest BCUT2D eigenvalue weighted by Crippen LogP contribution is 2.19. The van der Waals surface area contributed by atoms with Gasteiger partial charge in [-0.1, -0.05) is 18.9 Å². The molecule has 1 N–H and O–H groups in total. The van der Waals surface area contributed by atoms with Gasteiger partial charge in [-0.05, 0) is 12.8 Å². The van der Waals surface area contributed by atoms with Crippen LogP contribution in [0.2, 0.25) is 0 Å². The summed E-state index contributed by atoms with van der Waals surface area (Å²) in [7, 11) is 0. The van der Waals surface area contributed by atoms with Crippen LogP contribution in [0.25, 0.3) is 0 Å². The minimum Gasteiger partial charge on any atom is -0.408 e. The quantitative estimate of drug-likeness (QED) is 0.724. The Kier molecular flexibility index (Phi) is 6.29. The largest absolute Gasteiger partial charge is 0.408 e. The maximum absolute atomic E-state index is 9.10. The standard InChI is InChI=1S/C11H20ClN3O2/c1-3-9(4-2)15(7-8-16)11-14-13-10(17-11)5-6-12/h9,16H,3-8H2,1-2H3. The second-order valence-corrected chi connectivity index (χ2v) is 4.18. The Labute approximate surface area is 107 Å². The molecule has 6 heteroatoms. The van der Waals surface area contributed by atoms with Crippen LogP contribution < -0.4 is 4.90 Å². The lowest BCUT2D eigenvalue weighted by Gasteiger charge is -2.27. The number of anilines is 1. The molecule has 5 nitrogen and oxygen atoms in total. The fourth-order valence-corrected chi connectivity index (χ4v) is 1.98. The number of aliphatic hydroxyl groups is 1. The van der Waals surface area contributed by atoms with Crippen LogP contribution >= 0.6 is 11.6 Å². The van der Waals surface area contributed by atoms with E-state index in [1.165, 1.54) is 0 Å². The second-order valence-electron chi connectivity index (χ2n) is 3.80. The van der Waals surface area contributed by atoms with Gasteiger partial charge in [0.2, 0.25) is 5.89 Å². The zero-order chi connectivity index (χ0) is 12.7. The first-order valence-corrected chi connectivity index (χ1v) is 6.56. The Morgan fingerprint density at radius 2 is 2.06 bits per heavy atom. The van der Waals surface area contributed by atoms with Gasteiger partial charge in [0, 0.05) is 24.9 Å². The van der Waals surface area contributed by atoms with Crippen molar-refractivity contribution in [2.45, 2.75) is 39.2 Å². The number of hydrogen-bond acceptors (Lipinski definition) is 5. The molecule has 0 spiro atoms. The monoisotopic (exact) mass is 261 g/mol. The van der Waals surface area contributed by atoms with Gasteiger partial charge in [0.1, 0.15) is 0 Å². The fraction of sp³-hybridized carbons (Fsp3) is 0.818. The van der Waals surface area contributed by atoms with Gasteiger partial charge in [-0.3, -0.25) is 0 Å². The molecule has 0 bridgehead atoms. The molecule has 0 radical (unpaired) electrons. The zero-order valence-corrected chi connectivity index (χ0v) is 11.2. The highest BCUT2D eigenvalue weighted by atomic mass is 35.5. The van der Waals surface area contributed by atoms with E-state index >= 15 is 0 Å². The minimum atomic E-state index is 0.0731. The maximum atomic E-state index is 9.10. The summed E-state index contributed by atoms with van der Waals surface area (Å²) in [4.78, 5) is 1.96. The Hall–Kier alpha value is -0.810. The molecule has 0 fully saturated rings. The van der Waals surface area contributed by atoms with Gasteiger partial charge in [-0.15, -0.1) is 16.7 Å². The normalized spacial score (nSPS) is 11.1. The molecule has 0 aliphatic rings. The van der Waals surface area contributed by atoms with E-state index in [2.05, 4.69) is 24.0 Å². The summed E-state index contributed by atoms with van der Waals surface area (Å²) in [6.45, 7) is 4.79. The van der Waals surface area contributed by atoms with Gasteiger partial charge in [-0.25, -0.2) is 0 Å². The van der Waals surface area contributed by atoms with Crippen LogP contribution in [0.4, 0.5) is 6.01 Å². The summed E-state index contributed by atoms with van der Waals surface area (Å²) in [6.07, 6.45) is 2.53. The number of aliphatic hydroxyl groups excluding tert-OH is 1. The first-order valence-electron chi connectivity index (χ1n) is 6.02. The van der Waals surface area contributed by atoms with E-state index in [-0.39, 0.29) is 6.61 Å². The van der Waals surface area contributed by atoms with Gasteiger partial charge in [0.05, 0.1) is 6.61 Å². The second kappa shape index (κ2) is 7.50. The van der Waals surface area contributed by atoms with Gasteiger partial charge in [0.15, 0.2) is 0 Å². The SMILES string of the molecule is CCC(CC)N(CCO)c1nnc(CCCl)o1. The maximum Gasteiger partial charge on any atom is 0.318 e. The van der Waals surface area contributed by atoms with E-state index in [1.54, 1.807) is 0 Å². The average Bonchev–Trinajstić information content (AvgIpc) is 2.78. The number of aryl methyl sites for hydroxylation is 1. The van der Waals surface area contributed by atoms with Crippen molar-refractivity contribution in [3.05, 3.63) is 5.89 Å². The molecule has 0 amide bonds. The molecule has 0 saturated carbocycles. The van der Waals surface area contributed by atoms with E-state index in [9.17, 15) is 0 Å². The van der Waals surface area contributed by atoms with Crippen LogP contribution in [-0.4, -0.2) is 40.4 Å². The predicted molar refractivity (Wildman–Crippen MR) is 67.5 cm³/mol. The van der Waals surface area contributed by atoms with Crippen molar-refractivity contribution in [1.29, 1.82) is 0 Å². The van der Waals surface area contributed by atoms with Crippen molar-refractivity contribution in [3.8, 4) is 0 Å². The molecule has 0 aliphatic heterocycles. The number of hydrogen-bond donors (Lipinski definition) is 1. The van der Waals surface area contributed by atoms with E-state index in [0.29, 0.717) is 36.8 Å². The summed E-state index contributed by atoms with van der Waals surface area (Å²) in [6, 6.07) is 0.791. The van der Waals surface area contributed by atoms with Crippen molar-refractivity contribution >= 4 is 17.6 Å². The Bertz CT molecular complexity index is 315. The summed E-state index contributed by atoms with van der Waals surface area (Å²) >= 11 is 5.62. The van der Waals surface area contributed by atoms with Gasteiger partial charge in [-0.2, -0.15) is 0 Å². The number of aromatic nitrogens is 2. The molecular formula is C11H20ClN3O2. The fourth-order valence-electron chi connectivity index (χ4n) is 1.81. The Morgan fingerprint density at radius 3 is 2.59 bits per heavy atom. The third kappa shape index (κ3) is 3.85. The lowest BCUT2D eigenvalue weighted by atomic mass is 10.1. The zero-order valence-electron chi connectivity index (χ0n) is 10.4. The van der Waals surface area contributed by atoms with Crippen molar-refractivity contribution in [1.82, 2.24) is 10.2 Å². The number of alkyl halides is 1. The van der Waals surface area contributed by atoms with E-state index in [0.717, 1.165) is 12.8 Å². The summed E-state index contributed by atoms with van der Waals surface area (Å²) in [5, 5.41) is 17.0. The van der Waals surface area contributed by atoms with Crippen LogP contribution in [0.15, 0.2) is 4.42 Å². The van der Waals surface area contributed by atoms with Crippen molar-refractivity contribution in [2.24, 2.45) is 0 Å². The molecule has 1 aromatic rings. The van der Waals surface area contributed by atoms with E-state index < -0.39 is 0 Å². The molecule has 1 heterocycles. The van der Waals surface area contributed by atoms with Crippen molar-refractivity contribution < 1.29 is 9.52 Å². The van der Waals surface area contributed by atoms with E-state index in [1.807, 2.05) is 4.90 Å². The summed E-state index contributed by atoms with van der Waals surface area (Å²) < 4.78 is 5.53. The summed E-state index contributed by atoms with van der Waals surface area (Å²) in [5.74, 6) is 1.01. The topological polar surface area (TPSA) is 62.4 Å². The molecule has 0 atom stereocenters. The Balaban J connectivity index is 2.80. The highest BCUT2D eigenvalue weighted by molar-refractivity contribution is 6.17. The third-order valence-electron chi connectivity index (χ3n) is 2.73. The van der Waals surface area contributed by atoms with Crippen molar-refractivity contribution in [3.63, 3.8) is 0 Å². The summed E-state index contributed by atoms with van der Waals surface area (Å²) in [5.41, 5.74) is 0. The van der Waals surface area contributed by atoms with Crippen LogP contribution in [0.1, 0.15) is 32.6 Å². The van der Waals surface area contributed by atoms with E-state index in [4.69, 9.17) is 21.1 Å². The minimum absolute atomic E-state index is 0.0731. The first-order chi connectivity index (χ1) is 8.26. The van der Waals surface area contributed by atoms with Crippen LogP contribution in [0, 0.1) is 0 Å². The third-order valence-corrected chi connectivity index (χ3v) is 2.92. The number of rotatable bonds is 8. The molecular weight excluding hydrogens is 242 g/mol. The molecule has 0 aliphatic carbocycles. The lowest BCUT2D eigenvalue weighted by Crippen LogP contribution is -2.37. The predicted octanol–water partition coefficient (Wildman–Crippen LogP) is 1.84. The van der Waals surface area contributed by atoms with Gasteiger partial charge >= 0.3 is 6.01 Å². The molecule has 17 heavy (non-hydrogen) atoms. The van der Waals surface area contributed by atoms with Gasteiger partial charge < -0.3 is 14.4 Å². The highest BCUT2D eigenvalue weighted by Gasteiger charge is 2.20. The van der Waals surface area contributed by atoms with Crippen LogP contribution in [-0.2, 0) is 6.42 Å². The average molecular weight is 262 g/mol. The smallest absolute Gasteiger partial charge is 0.318 e. The lowest BCUT2D eigenvalue weighted by molar-refractivity contribution is 0.290. The van der Waals surface area contributed by atoms with Crippen LogP contribution in [0.5, 0.6) is 0 Å². The molecule has 0 saturated heterocycles. The number of nitrogens with zero attached hydrogens (tertiary/aromatic N) is 3. The van der Waals surface area contributed by atoms with Crippen molar-refractivity contribution in [2.75, 3.05) is 23.9 Å². The molecule has 1 rings (SSSR count). The number of halogens is 1. The molecule has 1 aromatic heterocycles.